The van der Waals surface area contributed by atoms with Crippen LogP contribution in [0.25, 0.3) is 0 Å². The molecule has 9 nitrogen and oxygen atoms in total. The summed E-state index contributed by atoms with van der Waals surface area (Å²) in [5.74, 6) is 1.55. The van der Waals surface area contributed by atoms with Crippen molar-refractivity contribution in [1.82, 2.24) is 4.90 Å². The molecule has 9 heteroatoms. The van der Waals surface area contributed by atoms with Gasteiger partial charge in [-0.15, -0.1) is 0 Å². The first-order valence-corrected chi connectivity index (χ1v) is 19.3. The Balaban J connectivity index is 1.06. The molecule has 274 valence electrons. The Bertz CT molecular complexity index is 1240. The Kier molecular flexibility index (Phi) is 8.79. The molecule has 0 aromatic heterocycles. The zero-order valence-corrected chi connectivity index (χ0v) is 31.0. The molecule has 5 aliphatic carbocycles. The first-order chi connectivity index (χ1) is 22.5. The van der Waals surface area contributed by atoms with Gasteiger partial charge in [0.2, 0.25) is 0 Å². The van der Waals surface area contributed by atoms with E-state index < -0.39 is 17.8 Å². The van der Waals surface area contributed by atoms with E-state index in [9.17, 15) is 20.1 Å². The summed E-state index contributed by atoms with van der Waals surface area (Å²) in [4.78, 5) is 14.5. The quantitative estimate of drug-likeness (QED) is 0.293. The third-order valence-electron chi connectivity index (χ3n) is 16.6. The molecule has 0 aromatic rings. The molecule has 7 aliphatic rings. The monoisotopic (exact) mass is 675 g/mol. The summed E-state index contributed by atoms with van der Waals surface area (Å²) in [6, 6.07) is -0.170. The molecule has 4 unspecified atom stereocenters. The number of aliphatic hydroxyl groups excluding tert-OH is 2. The van der Waals surface area contributed by atoms with E-state index in [0.717, 1.165) is 38.6 Å². The van der Waals surface area contributed by atoms with Gasteiger partial charge in [-0.2, -0.15) is 0 Å². The van der Waals surface area contributed by atoms with E-state index in [1.807, 2.05) is 0 Å². The maximum Gasteiger partial charge on any atom is 0.323 e. The largest absolute Gasteiger partial charge is 0.464 e. The molecule has 3 N–H and O–H groups in total. The summed E-state index contributed by atoms with van der Waals surface area (Å²) in [7, 11) is 1.63. The average molecular weight is 676 g/mol. The van der Waals surface area contributed by atoms with Crippen molar-refractivity contribution in [2.75, 3.05) is 33.4 Å². The van der Waals surface area contributed by atoms with Crippen LogP contribution < -0.4 is 0 Å². The normalized spacial score (nSPS) is 48.8. The highest BCUT2D eigenvalue weighted by Crippen LogP contribution is 2.89. The molecule has 0 amide bonds. The van der Waals surface area contributed by atoms with Crippen molar-refractivity contribution in [3.8, 4) is 0 Å². The number of esters is 1. The van der Waals surface area contributed by atoms with Gasteiger partial charge in [-0.1, -0.05) is 34.6 Å². The molecular formula is C39H65NO8. The predicted octanol–water partition coefficient (Wildman–Crippen LogP) is 4.93. The number of aliphatic hydroxyl groups is 3. The van der Waals surface area contributed by atoms with Crippen LogP contribution >= 0.6 is 0 Å². The second-order valence-corrected chi connectivity index (χ2v) is 19.1. The van der Waals surface area contributed by atoms with Gasteiger partial charge in [0.1, 0.15) is 12.1 Å². The molecule has 0 bridgehead atoms. The molecule has 7 fully saturated rings. The highest BCUT2D eigenvalue weighted by atomic mass is 16.7. The lowest BCUT2D eigenvalue weighted by Gasteiger charge is -2.64. The lowest BCUT2D eigenvalue weighted by Crippen LogP contribution is -2.60. The average Bonchev–Trinajstić information content (AvgIpc) is 3.41. The number of rotatable bonds is 9. The van der Waals surface area contributed by atoms with Crippen molar-refractivity contribution in [3.05, 3.63) is 0 Å². The summed E-state index contributed by atoms with van der Waals surface area (Å²) >= 11 is 0. The third-order valence-corrected chi connectivity index (χ3v) is 16.6. The molecule has 0 aromatic carbocycles. The van der Waals surface area contributed by atoms with Crippen LogP contribution in [-0.4, -0.2) is 102 Å². The van der Waals surface area contributed by atoms with E-state index in [2.05, 4.69) is 39.5 Å². The topological polar surface area (TPSA) is 118 Å². The third kappa shape index (κ3) is 4.97. The number of carbonyl (C=O) groups excluding carboxylic acids is 1. The minimum Gasteiger partial charge on any atom is -0.464 e. The van der Waals surface area contributed by atoms with Crippen molar-refractivity contribution in [2.24, 2.45) is 50.7 Å². The Morgan fingerprint density at radius 3 is 2.40 bits per heavy atom. The molecule has 14 atom stereocenters. The highest BCUT2D eigenvalue weighted by Gasteiger charge is 2.83. The van der Waals surface area contributed by atoms with Crippen LogP contribution in [0.2, 0.25) is 0 Å². The van der Waals surface area contributed by atoms with E-state index in [4.69, 9.17) is 18.9 Å². The zero-order chi connectivity index (χ0) is 34.7. The molecule has 2 aliphatic heterocycles. The molecular weight excluding hydrogens is 610 g/mol. The van der Waals surface area contributed by atoms with E-state index in [1.165, 1.54) is 25.7 Å². The number of methoxy groups -OCH3 is 1. The van der Waals surface area contributed by atoms with Gasteiger partial charge in [-0.05, 0) is 117 Å². The number of nitrogens with zero attached hydrogens (tertiary/aromatic N) is 1. The fraction of sp³-hybridized carbons (Fsp3) is 0.974. The van der Waals surface area contributed by atoms with E-state index in [0.29, 0.717) is 54.8 Å². The number of hydrogen-bond donors (Lipinski definition) is 3. The Morgan fingerprint density at radius 1 is 1.02 bits per heavy atom. The van der Waals surface area contributed by atoms with Crippen LogP contribution in [0.5, 0.6) is 0 Å². The molecule has 48 heavy (non-hydrogen) atoms. The van der Waals surface area contributed by atoms with Gasteiger partial charge in [0.25, 0.3) is 0 Å². The van der Waals surface area contributed by atoms with E-state index >= 15 is 0 Å². The summed E-state index contributed by atoms with van der Waals surface area (Å²) < 4.78 is 24.0. The first kappa shape index (κ1) is 35.6. The molecule has 0 radical (unpaired) electrons. The fourth-order valence-electron chi connectivity index (χ4n) is 13.9. The maximum absolute atomic E-state index is 12.3. The fourth-order valence-corrected chi connectivity index (χ4v) is 13.9. The van der Waals surface area contributed by atoms with Gasteiger partial charge in [0.05, 0.1) is 43.7 Å². The molecule has 7 rings (SSSR count). The van der Waals surface area contributed by atoms with Crippen molar-refractivity contribution in [1.29, 1.82) is 0 Å². The van der Waals surface area contributed by atoms with E-state index in [1.54, 1.807) is 21.0 Å². The number of morpholine rings is 1. The maximum atomic E-state index is 12.3. The van der Waals surface area contributed by atoms with Crippen LogP contribution in [0, 0.1) is 50.7 Å². The van der Waals surface area contributed by atoms with Crippen LogP contribution in [0.15, 0.2) is 0 Å². The number of cyclic esters (lactones) is 1. The van der Waals surface area contributed by atoms with Gasteiger partial charge >= 0.3 is 5.97 Å². The highest BCUT2D eigenvalue weighted by molar-refractivity contribution is 5.77. The lowest BCUT2D eigenvalue weighted by molar-refractivity contribution is -0.250. The summed E-state index contributed by atoms with van der Waals surface area (Å²) in [5, 5.41) is 33.6. The van der Waals surface area contributed by atoms with Gasteiger partial charge in [0.15, 0.2) is 6.29 Å². The minimum absolute atomic E-state index is 0.00209. The Morgan fingerprint density at radius 2 is 1.73 bits per heavy atom. The van der Waals surface area contributed by atoms with Crippen molar-refractivity contribution < 1.29 is 39.1 Å². The summed E-state index contributed by atoms with van der Waals surface area (Å²) in [6.45, 7) is 17.8. The van der Waals surface area contributed by atoms with Crippen LogP contribution in [0.1, 0.15) is 113 Å². The lowest BCUT2D eigenvalue weighted by atomic mass is 9.41. The number of ether oxygens (including phenoxy) is 4. The van der Waals surface area contributed by atoms with Crippen LogP contribution in [-0.2, 0) is 23.7 Å². The van der Waals surface area contributed by atoms with Crippen molar-refractivity contribution in [2.45, 2.75) is 155 Å². The standard InChI is InChI=1S/C39H65NO8/c1-23(19-26(45-8)32(42)35(4,5)44)24-20-29(41)37(7)28-10-9-27-34(2,3)30(11-13-38(27)22-39(28,38)15-14-36(24,37)6)48-31-21-40(16-18-46-31)25-12-17-47-33(25)43/h23-32,41-42,44H,9-22H2,1-8H3/t23-,24?,25-,26?,27+,28+,29+,30+,31?,32+,36-,37-,38-,39?/m1/s1. The molecule has 2 saturated heterocycles. The first-order valence-electron chi connectivity index (χ1n) is 19.3. The van der Waals surface area contributed by atoms with Gasteiger partial charge in [-0.3, -0.25) is 9.69 Å². The number of fused-ring (bicyclic) bond motifs is 2. The Hall–Kier alpha value is -0.810. The van der Waals surface area contributed by atoms with Crippen LogP contribution in [0.4, 0.5) is 0 Å². The second kappa shape index (κ2) is 11.9. The van der Waals surface area contributed by atoms with Gasteiger partial charge in [-0.25, -0.2) is 0 Å². The van der Waals surface area contributed by atoms with E-state index in [-0.39, 0.29) is 52.7 Å². The molecule has 2 spiro atoms. The number of carbonyl (C=O) groups is 1. The molecule has 2 heterocycles. The van der Waals surface area contributed by atoms with Gasteiger partial charge < -0.3 is 34.3 Å². The summed E-state index contributed by atoms with van der Waals surface area (Å²) in [6.07, 6.45) is 8.42. The second-order valence-electron chi connectivity index (χ2n) is 19.1. The zero-order valence-electron chi connectivity index (χ0n) is 31.0. The van der Waals surface area contributed by atoms with Crippen molar-refractivity contribution in [3.63, 3.8) is 0 Å². The summed E-state index contributed by atoms with van der Waals surface area (Å²) in [5.41, 5.74) is -0.779. The van der Waals surface area contributed by atoms with Gasteiger partial charge in [0, 0.05) is 25.5 Å². The van der Waals surface area contributed by atoms with Crippen LogP contribution in [0.3, 0.4) is 0 Å². The molecule has 5 saturated carbocycles. The van der Waals surface area contributed by atoms with Crippen molar-refractivity contribution >= 4 is 5.97 Å². The number of hydrogen-bond acceptors (Lipinski definition) is 9. The smallest absolute Gasteiger partial charge is 0.323 e. The minimum atomic E-state index is -1.24. The predicted molar refractivity (Wildman–Crippen MR) is 181 cm³/mol. The SMILES string of the molecule is COC(C[C@@H](C)C1C[C@H](O)[C@@]2(C)[C@@H]3CC[C@H]4C(C)(C)[C@@H](OC5CN([C@@H]6CCOC6=O)CCO5)CC[C@@]45CC35CC[C@]12C)[C@H](O)C(C)(C)O. The Labute approximate surface area is 288 Å².